The Morgan fingerprint density at radius 3 is 2.25 bits per heavy atom. The molecule has 0 saturated heterocycles. The molecular weight excluding hydrogens is 319 g/mol. The average Bonchev–Trinajstić information content (AvgIpc) is 3.30. The monoisotopic (exact) mass is 343 g/mol. The van der Waals surface area contributed by atoms with Gasteiger partial charge in [0.05, 0.1) is 0 Å². The number of carboxylic acid groups (broad SMARTS) is 1. The van der Waals surface area contributed by atoms with E-state index in [-0.39, 0.29) is 0 Å². The molecule has 2 N–H and O–H groups in total. The Labute approximate surface area is 140 Å². The third-order valence-corrected chi connectivity index (χ3v) is 4.83. The maximum Gasteiger partial charge on any atom is 0.490 e. The fourth-order valence-electron chi connectivity index (χ4n) is 3.10. The minimum absolute atomic E-state index is 0.758. The lowest BCUT2D eigenvalue weighted by Crippen LogP contribution is -2.37. The molecule has 2 fully saturated rings. The Morgan fingerprint density at radius 2 is 1.83 bits per heavy atom. The first kappa shape index (κ1) is 18.8. The topological polar surface area (TPSA) is 49.3 Å². The molecule has 2 aliphatic carbocycles. The molecule has 3 nitrogen and oxygen atoms in total. The lowest BCUT2D eigenvalue weighted by atomic mass is 9.75. The van der Waals surface area contributed by atoms with Crippen molar-refractivity contribution < 1.29 is 23.1 Å². The van der Waals surface area contributed by atoms with E-state index in [0.717, 1.165) is 17.9 Å². The summed E-state index contributed by atoms with van der Waals surface area (Å²) in [6.45, 7) is 2.29. The minimum atomic E-state index is -5.08. The van der Waals surface area contributed by atoms with E-state index >= 15 is 0 Å². The van der Waals surface area contributed by atoms with Crippen LogP contribution in [0.5, 0.6) is 0 Å². The van der Waals surface area contributed by atoms with Gasteiger partial charge < -0.3 is 10.4 Å². The van der Waals surface area contributed by atoms with Gasteiger partial charge in [0.2, 0.25) is 0 Å². The third kappa shape index (κ3) is 4.72. The van der Waals surface area contributed by atoms with Crippen LogP contribution in [0.25, 0.3) is 0 Å². The second kappa shape index (κ2) is 7.55. The van der Waals surface area contributed by atoms with E-state index < -0.39 is 12.1 Å². The molecule has 0 radical (unpaired) electrons. The molecule has 0 aliphatic heterocycles. The first-order chi connectivity index (χ1) is 11.3. The van der Waals surface area contributed by atoms with Crippen LogP contribution in [0.1, 0.15) is 61.1 Å². The molecule has 0 amide bonds. The normalized spacial score (nSPS) is 23.0. The molecule has 2 aliphatic rings. The number of aryl methyl sites for hydroxylation is 1. The van der Waals surface area contributed by atoms with Gasteiger partial charge in [0.25, 0.3) is 0 Å². The van der Waals surface area contributed by atoms with E-state index in [9.17, 15) is 13.2 Å². The van der Waals surface area contributed by atoms with Crippen molar-refractivity contribution in [3.05, 3.63) is 34.9 Å². The number of carboxylic acids is 1. The average molecular weight is 343 g/mol. The summed E-state index contributed by atoms with van der Waals surface area (Å²) < 4.78 is 31.7. The van der Waals surface area contributed by atoms with Gasteiger partial charge >= 0.3 is 12.1 Å². The third-order valence-electron chi connectivity index (χ3n) is 4.83. The van der Waals surface area contributed by atoms with Gasteiger partial charge in [0.1, 0.15) is 0 Å². The molecule has 0 unspecified atom stereocenters. The number of hydrogen-bond donors (Lipinski definition) is 2. The molecule has 1 aromatic carbocycles. The van der Waals surface area contributed by atoms with E-state index in [4.69, 9.17) is 9.90 Å². The summed E-state index contributed by atoms with van der Waals surface area (Å²) in [5.41, 5.74) is 4.83. The van der Waals surface area contributed by atoms with Crippen molar-refractivity contribution in [2.24, 2.45) is 0 Å². The van der Waals surface area contributed by atoms with Crippen molar-refractivity contribution >= 4 is 5.97 Å². The molecule has 0 spiro atoms. The molecule has 0 atom stereocenters. The maximum atomic E-state index is 10.6. The van der Waals surface area contributed by atoms with Crippen molar-refractivity contribution in [3.8, 4) is 0 Å². The number of nitrogens with one attached hydrogen (secondary N) is 1. The Morgan fingerprint density at radius 1 is 1.25 bits per heavy atom. The molecular formula is C18H24F3NO2. The highest BCUT2D eigenvalue weighted by atomic mass is 19.4. The zero-order valence-corrected chi connectivity index (χ0v) is 14.0. The van der Waals surface area contributed by atoms with Gasteiger partial charge in [-0.2, -0.15) is 13.2 Å². The van der Waals surface area contributed by atoms with Gasteiger partial charge in [0, 0.05) is 6.04 Å². The summed E-state index contributed by atoms with van der Waals surface area (Å²) in [5.74, 6) is -1.05. The first-order valence-corrected chi connectivity index (χ1v) is 8.36. The second-order valence-electron chi connectivity index (χ2n) is 6.54. The van der Waals surface area contributed by atoms with Crippen molar-refractivity contribution in [2.75, 3.05) is 7.05 Å². The van der Waals surface area contributed by atoms with Crippen LogP contribution in [0.4, 0.5) is 13.2 Å². The van der Waals surface area contributed by atoms with Crippen LogP contribution in [0, 0.1) is 0 Å². The number of halogens is 3. The summed E-state index contributed by atoms with van der Waals surface area (Å²) in [4.78, 5) is 8.90. The molecule has 6 heteroatoms. The Balaban J connectivity index is 0.000000256. The quantitative estimate of drug-likeness (QED) is 0.860. The first-order valence-electron chi connectivity index (χ1n) is 8.36. The molecule has 134 valence electrons. The largest absolute Gasteiger partial charge is 0.490 e. The summed E-state index contributed by atoms with van der Waals surface area (Å²) in [7, 11) is 2.08. The number of aliphatic carboxylic acids is 1. The molecule has 1 aromatic rings. The second-order valence-corrected chi connectivity index (χ2v) is 6.54. The maximum absolute atomic E-state index is 10.6. The van der Waals surface area contributed by atoms with Gasteiger partial charge in [-0.05, 0) is 67.7 Å². The Kier molecular flexibility index (Phi) is 5.91. The van der Waals surface area contributed by atoms with Gasteiger partial charge in [-0.15, -0.1) is 0 Å². The van der Waals surface area contributed by atoms with Crippen LogP contribution >= 0.6 is 0 Å². The van der Waals surface area contributed by atoms with Crippen molar-refractivity contribution in [3.63, 3.8) is 0 Å². The summed E-state index contributed by atoms with van der Waals surface area (Å²) >= 11 is 0. The van der Waals surface area contributed by atoms with Crippen LogP contribution < -0.4 is 5.32 Å². The summed E-state index contributed by atoms with van der Waals surface area (Å²) in [5, 5.41) is 10.5. The standard InChI is InChI=1S/C16H23N.C2HF3O2/c1-3-11-8-13(14-9-15(10-14)17-2)6-7-16(11)12-4-5-12;3-2(4,5)1(6)7/h6-8,12,14-15,17H,3-5,9-10H2,1-2H3;(H,6,7). The van der Waals surface area contributed by atoms with E-state index in [1.807, 2.05) is 0 Å². The molecule has 24 heavy (non-hydrogen) atoms. The van der Waals surface area contributed by atoms with Crippen LogP contribution in [-0.4, -0.2) is 30.3 Å². The minimum Gasteiger partial charge on any atom is -0.475 e. The van der Waals surface area contributed by atoms with Crippen LogP contribution in [0.15, 0.2) is 18.2 Å². The smallest absolute Gasteiger partial charge is 0.475 e. The predicted octanol–water partition coefficient (Wildman–Crippen LogP) is 4.23. The highest BCUT2D eigenvalue weighted by Gasteiger charge is 2.38. The van der Waals surface area contributed by atoms with Crippen molar-refractivity contribution in [2.45, 2.75) is 63.1 Å². The Bertz CT molecular complexity index is 576. The van der Waals surface area contributed by atoms with Crippen LogP contribution in [0.3, 0.4) is 0 Å². The zero-order valence-electron chi connectivity index (χ0n) is 14.0. The fraction of sp³-hybridized carbons (Fsp3) is 0.611. The molecule has 2 saturated carbocycles. The van der Waals surface area contributed by atoms with Gasteiger partial charge in [0.15, 0.2) is 0 Å². The van der Waals surface area contributed by atoms with Crippen LogP contribution in [0.2, 0.25) is 0 Å². The SMILES string of the molecule is CCc1cc(C2CC(NC)C2)ccc1C1CC1.O=C(O)C(F)(F)F. The fourth-order valence-corrected chi connectivity index (χ4v) is 3.10. The highest BCUT2D eigenvalue weighted by molar-refractivity contribution is 5.73. The van der Waals surface area contributed by atoms with Crippen molar-refractivity contribution in [1.29, 1.82) is 0 Å². The lowest BCUT2D eigenvalue weighted by molar-refractivity contribution is -0.192. The molecule has 3 rings (SSSR count). The summed E-state index contributed by atoms with van der Waals surface area (Å²) in [6, 6.07) is 8.06. The number of hydrogen-bond acceptors (Lipinski definition) is 2. The van der Waals surface area contributed by atoms with Gasteiger partial charge in [-0.25, -0.2) is 4.79 Å². The zero-order chi connectivity index (χ0) is 17.9. The van der Waals surface area contributed by atoms with Crippen molar-refractivity contribution in [1.82, 2.24) is 5.32 Å². The summed E-state index contributed by atoms with van der Waals surface area (Å²) in [6.07, 6.45) is 1.59. The molecule has 0 bridgehead atoms. The number of rotatable bonds is 4. The van der Waals surface area contributed by atoms with Gasteiger partial charge in [-0.1, -0.05) is 25.1 Å². The van der Waals surface area contributed by atoms with E-state index in [1.165, 1.54) is 32.1 Å². The number of alkyl halides is 3. The molecule has 0 aromatic heterocycles. The highest BCUT2D eigenvalue weighted by Crippen LogP contribution is 2.44. The molecule has 0 heterocycles. The number of benzene rings is 1. The number of carbonyl (C=O) groups is 1. The predicted molar refractivity (Wildman–Crippen MR) is 86.3 cm³/mol. The van der Waals surface area contributed by atoms with Crippen LogP contribution in [-0.2, 0) is 11.2 Å². The lowest BCUT2D eigenvalue weighted by Gasteiger charge is -2.35. The van der Waals surface area contributed by atoms with Gasteiger partial charge in [-0.3, -0.25) is 0 Å². The Hall–Kier alpha value is -1.56. The van der Waals surface area contributed by atoms with E-state index in [0.29, 0.717) is 0 Å². The van der Waals surface area contributed by atoms with E-state index in [2.05, 4.69) is 37.5 Å². The van der Waals surface area contributed by atoms with E-state index in [1.54, 1.807) is 16.7 Å².